The number of nitrogens with zero attached hydrogens (tertiary/aromatic N) is 1. The van der Waals surface area contributed by atoms with Crippen LogP contribution in [0.3, 0.4) is 0 Å². The molecule has 5 heteroatoms. The lowest BCUT2D eigenvalue weighted by atomic mass is 10.2. The fraction of sp³-hybridized carbons (Fsp3) is 0.692. The van der Waals surface area contributed by atoms with Crippen molar-refractivity contribution in [2.24, 2.45) is 5.73 Å². The van der Waals surface area contributed by atoms with Crippen LogP contribution in [0.1, 0.15) is 17.1 Å². The first kappa shape index (κ1) is 13.5. The maximum atomic E-state index is 5.58. The molecular formula is C13H22N2O3. The lowest BCUT2D eigenvalue weighted by Crippen LogP contribution is -2.27. The van der Waals surface area contributed by atoms with Gasteiger partial charge in [-0.3, -0.25) is 4.90 Å². The van der Waals surface area contributed by atoms with Gasteiger partial charge >= 0.3 is 0 Å². The van der Waals surface area contributed by atoms with E-state index in [-0.39, 0.29) is 12.2 Å². The van der Waals surface area contributed by atoms with E-state index in [1.807, 2.05) is 13.0 Å². The normalized spacial score (nSPS) is 24.9. The number of furan rings is 1. The molecule has 102 valence electrons. The summed E-state index contributed by atoms with van der Waals surface area (Å²) >= 11 is 0. The summed E-state index contributed by atoms with van der Waals surface area (Å²) in [6, 6.07) is 2.04. The second-order valence-corrected chi connectivity index (χ2v) is 4.74. The van der Waals surface area contributed by atoms with E-state index in [0.29, 0.717) is 6.54 Å². The molecule has 0 aromatic carbocycles. The number of aryl methyl sites for hydroxylation is 1. The number of ether oxygens (including phenoxy) is 2. The zero-order valence-electron chi connectivity index (χ0n) is 11.3. The van der Waals surface area contributed by atoms with E-state index in [4.69, 9.17) is 19.6 Å². The molecule has 1 aliphatic heterocycles. The quantitative estimate of drug-likeness (QED) is 0.845. The van der Waals surface area contributed by atoms with Gasteiger partial charge in [-0.05, 0) is 13.0 Å². The summed E-state index contributed by atoms with van der Waals surface area (Å²) in [5, 5.41) is 0. The Kier molecular flexibility index (Phi) is 4.40. The molecule has 18 heavy (non-hydrogen) atoms. The van der Waals surface area contributed by atoms with Crippen LogP contribution in [0.4, 0.5) is 0 Å². The molecule has 0 amide bonds. The third-order valence-corrected chi connectivity index (χ3v) is 3.56. The number of hydrogen-bond donors (Lipinski definition) is 1. The summed E-state index contributed by atoms with van der Waals surface area (Å²) in [7, 11) is 3.46. The number of nitrogens with two attached hydrogens (primary N) is 1. The molecule has 2 atom stereocenters. The SMILES string of the molecule is COC1CN(Cc2cc(CN)oc2C)CC1OC. The molecule has 0 radical (unpaired) electrons. The molecule has 1 saturated heterocycles. The van der Waals surface area contributed by atoms with Gasteiger partial charge in [-0.15, -0.1) is 0 Å². The average molecular weight is 254 g/mol. The van der Waals surface area contributed by atoms with Gasteiger partial charge in [-0.1, -0.05) is 0 Å². The van der Waals surface area contributed by atoms with Crippen LogP contribution in [0.25, 0.3) is 0 Å². The van der Waals surface area contributed by atoms with Crippen molar-refractivity contribution in [3.05, 3.63) is 23.2 Å². The van der Waals surface area contributed by atoms with Crippen LogP contribution in [0, 0.1) is 6.92 Å². The molecule has 2 unspecified atom stereocenters. The van der Waals surface area contributed by atoms with Crippen molar-refractivity contribution in [2.75, 3.05) is 27.3 Å². The Morgan fingerprint density at radius 2 is 1.94 bits per heavy atom. The van der Waals surface area contributed by atoms with Crippen molar-refractivity contribution in [1.82, 2.24) is 4.90 Å². The van der Waals surface area contributed by atoms with Crippen LogP contribution in [-0.2, 0) is 22.6 Å². The minimum atomic E-state index is 0.149. The predicted molar refractivity (Wildman–Crippen MR) is 68.2 cm³/mol. The Morgan fingerprint density at radius 3 is 2.39 bits per heavy atom. The van der Waals surface area contributed by atoms with Gasteiger partial charge in [0.05, 0.1) is 18.8 Å². The van der Waals surface area contributed by atoms with Gasteiger partial charge in [0.25, 0.3) is 0 Å². The molecule has 2 heterocycles. The van der Waals surface area contributed by atoms with E-state index in [1.54, 1.807) is 14.2 Å². The smallest absolute Gasteiger partial charge is 0.118 e. The van der Waals surface area contributed by atoms with E-state index >= 15 is 0 Å². The Balaban J connectivity index is 1.99. The van der Waals surface area contributed by atoms with E-state index < -0.39 is 0 Å². The van der Waals surface area contributed by atoms with Crippen molar-refractivity contribution in [1.29, 1.82) is 0 Å². The van der Waals surface area contributed by atoms with Gasteiger partial charge in [0.2, 0.25) is 0 Å². The van der Waals surface area contributed by atoms with Crippen LogP contribution in [0.15, 0.2) is 10.5 Å². The zero-order valence-corrected chi connectivity index (χ0v) is 11.3. The van der Waals surface area contributed by atoms with Gasteiger partial charge in [0.1, 0.15) is 11.5 Å². The molecule has 0 aliphatic carbocycles. The van der Waals surface area contributed by atoms with Crippen LogP contribution >= 0.6 is 0 Å². The minimum Gasteiger partial charge on any atom is -0.465 e. The highest BCUT2D eigenvalue weighted by atomic mass is 16.5. The first-order valence-corrected chi connectivity index (χ1v) is 6.24. The molecule has 1 aromatic rings. The second kappa shape index (κ2) is 5.84. The summed E-state index contributed by atoms with van der Waals surface area (Å²) in [5.41, 5.74) is 6.78. The van der Waals surface area contributed by atoms with Crippen LogP contribution in [0.5, 0.6) is 0 Å². The van der Waals surface area contributed by atoms with Gasteiger partial charge in [-0.25, -0.2) is 0 Å². The summed E-state index contributed by atoms with van der Waals surface area (Å²) < 4.78 is 16.4. The third kappa shape index (κ3) is 2.75. The van der Waals surface area contributed by atoms with E-state index in [2.05, 4.69) is 4.90 Å². The molecule has 0 saturated carbocycles. The van der Waals surface area contributed by atoms with Crippen molar-refractivity contribution in [3.8, 4) is 0 Å². The maximum absolute atomic E-state index is 5.58. The number of hydrogen-bond acceptors (Lipinski definition) is 5. The first-order chi connectivity index (χ1) is 8.67. The van der Waals surface area contributed by atoms with Crippen LogP contribution in [0.2, 0.25) is 0 Å². The highest BCUT2D eigenvalue weighted by Gasteiger charge is 2.33. The lowest BCUT2D eigenvalue weighted by molar-refractivity contribution is -0.00461. The average Bonchev–Trinajstić information content (AvgIpc) is 2.93. The summed E-state index contributed by atoms with van der Waals surface area (Å²) in [4.78, 5) is 2.32. The largest absolute Gasteiger partial charge is 0.465 e. The third-order valence-electron chi connectivity index (χ3n) is 3.56. The molecule has 0 spiro atoms. The minimum absolute atomic E-state index is 0.149. The standard InChI is InChI=1S/C13H22N2O3/c1-9-10(4-11(5-14)18-9)6-15-7-12(16-2)13(8-15)17-3/h4,12-13H,5-8,14H2,1-3H3. The number of rotatable bonds is 5. The molecular weight excluding hydrogens is 232 g/mol. The monoisotopic (exact) mass is 254 g/mol. The number of likely N-dealkylation sites (tertiary alicyclic amines) is 1. The van der Waals surface area contributed by atoms with Gasteiger partial charge in [-0.2, -0.15) is 0 Å². The van der Waals surface area contributed by atoms with E-state index in [1.165, 1.54) is 5.56 Å². The highest BCUT2D eigenvalue weighted by molar-refractivity contribution is 5.21. The van der Waals surface area contributed by atoms with Crippen molar-refractivity contribution >= 4 is 0 Å². The first-order valence-electron chi connectivity index (χ1n) is 6.24. The zero-order chi connectivity index (χ0) is 13.1. The number of methoxy groups -OCH3 is 2. The topological polar surface area (TPSA) is 60.9 Å². The second-order valence-electron chi connectivity index (χ2n) is 4.74. The molecule has 2 rings (SSSR count). The molecule has 1 aliphatic rings. The summed E-state index contributed by atoms with van der Waals surface area (Å²) in [6.07, 6.45) is 0.298. The van der Waals surface area contributed by atoms with Gasteiger partial charge in [0, 0.05) is 39.4 Å². The van der Waals surface area contributed by atoms with Gasteiger partial charge in [0.15, 0.2) is 0 Å². The fourth-order valence-corrected chi connectivity index (χ4v) is 2.49. The summed E-state index contributed by atoms with van der Waals surface area (Å²) in [6.45, 7) is 5.05. The van der Waals surface area contributed by atoms with E-state index in [9.17, 15) is 0 Å². The molecule has 5 nitrogen and oxygen atoms in total. The van der Waals surface area contributed by atoms with Gasteiger partial charge < -0.3 is 19.6 Å². The Hall–Kier alpha value is -0.880. The lowest BCUT2D eigenvalue weighted by Gasteiger charge is -2.14. The van der Waals surface area contributed by atoms with Crippen LogP contribution in [-0.4, -0.2) is 44.4 Å². The van der Waals surface area contributed by atoms with Crippen molar-refractivity contribution < 1.29 is 13.9 Å². The predicted octanol–water partition coefficient (Wildman–Crippen LogP) is 0.892. The van der Waals surface area contributed by atoms with E-state index in [0.717, 1.165) is 31.2 Å². The Labute approximate surface area is 108 Å². The Bertz CT molecular complexity index is 380. The van der Waals surface area contributed by atoms with Crippen molar-refractivity contribution in [2.45, 2.75) is 32.2 Å². The Morgan fingerprint density at radius 1 is 1.33 bits per heavy atom. The molecule has 1 aromatic heterocycles. The maximum Gasteiger partial charge on any atom is 0.118 e. The van der Waals surface area contributed by atoms with Crippen LogP contribution < -0.4 is 5.73 Å². The molecule has 1 fully saturated rings. The fourth-order valence-electron chi connectivity index (χ4n) is 2.49. The molecule has 2 N–H and O–H groups in total. The molecule has 0 bridgehead atoms. The highest BCUT2D eigenvalue weighted by Crippen LogP contribution is 2.21. The van der Waals surface area contributed by atoms with Crippen molar-refractivity contribution in [3.63, 3.8) is 0 Å². The summed E-state index contributed by atoms with van der Waals surface area (Å²) in [5.74, 6) is 1.79.